The molecule has 0 saturated heterocycles. The van der Waals surface area contributed by atoms with E-state index in [4.69, 9.17) is 0 Å². The number of nitrogens with one attached hydrogen (secondary N) is 2. The van der Waals surface area contributed by atoms with Crippen LogP contribution in [0.2, 0.25) is 0 Å². The molecule has 1 aliphatic carbocycles. The molecule has 2 unspecified atom stereocenters. The number of urea groups is 1. The Morgan fingerprint density at radius 2 is 2.18 bits per heavy atom. The van der Waals surface area contributed by atoms with Gasteiger partial charge in [0, 0.05) is 24.8 Å². The third-order valence-corrected chi connectivity index (χ3v) is 5.00. The summed E-state index contributed by atoms with van der Waals surface area (Å²) in [6, 6.07) is 8.29. The van der Waals surface area contributed by atoms with Crippen LogP contribution in [0.25, 0.3) is 0 Å². The Hall–Kier alpha value is -1.20. The lowest BCUT2D eigenvalue weighted by atomic mass is 9.83. The van der Waals surface area contributed by atoms with E-state index >= 15 is 0 Å². The van der Waals surface area contributed by atoms with Crippen molar-refractivity contribution < 1.29 is 9.90 Å². The van der Waals surface area contributed by atoms with Crippen molar-refractivity contribution in [3.05, 3.63) is 35.4 Å². The zero-order chi connectivity index (χ0) is 16.0. The number of carbonyl (C=O) groups is 1. The molecule has 3 N–H and O–H groups in total. The Bertz CT molecular complexity index is 505. The Morgan fingerprint density at radius 1 is 1.41 bits per heavy atom. The van der Waals surface area contributed by atoms with Crippen LogP contribution in [0.3, 0.4) is 0 Å². The maximum absolute atomic E-state index is 11.9. The summed E-state index contributed by atoms with van der Waals surface area (Å²) in [5.41, 5.74) is 1.90. The number of benzene rings is 1. The van der Waals surface area contributed by atoms with Gasteiger partial charge in [0.25, 0.3) is 0 Å². The fourth-order valence-electron chi connectivity index (χ4n) is 2.98. The van der Waals surface area contributed by atoms with E-state index in [1.54, 1.807) is 18.7 Å². The quantitative estimate of drug-likeness (QED) is 0.754. The summed E-state index contributed by atoms with van der Waals surface area (Å²) in [6.45, 7) is 2.65. The lowest BCUT2D eigenvalue weighted by Crippen LogP contribution is -2.46. The fourth-order valence-corrected chi connectivity index (χ4v) is 3.70. The number of rotatable bonds is 6. The summed E-state index contributed by atoms with van der Waals surface area (Å²) >= 11 is 1.57. The molecule has 2 atom stereocenters. The van der Waals surface area contributed by atoms with E-state index in [0.29, 0.717) is 18.2 Å². The molecule has 0 aliphatic heterocycles. The monoisotopic (exact) mass is 322 g/mol. The van der Waals surface area contributed by atoms with Gasteiger partial charge in [-0.2, -0.15) is 11.8 Å². The van der Waals surface area contributed by atoms with Gasteiger partial charge >= 0.3 is 6.03 Å². The van der Waals surface area contributed by atoms with Crippen LogP contribution < -0.4 is 10.6 Å². The zero-order valence-electron chi connectivity index (χ0n) is 13.4. The number of thioether (sulfide) groups is 1. The third-order valence-electron chi connectivity index (χ3n) is 4.09. The second-order valence-corrected chi connectivity index (χ2v) is 7.15. The molecule has 122 valence electrons. The number of carbonyl (C=O) groups excluding carboxylic acids is 1. The van der Waals surface area contributed by atoms with Crippen molar-refractivity contribution in [2.24, 2.45) is 0 Å². The molecule has 0 bridgehead atoms. The molecule has 0 aromatic heterocycles. The van der Waals surface area contributed by atoms with Crippen LogP contribution in [-0.2, 0) is 6.42 Å². The lowest BCUT2D eigenvalue weighted by molar-refractivity contribution is 0.0869. The fraction of sp³-hybridized carbons (Fsp3) is 0.588. The highest BCUT2D eigenvalue weighted by atomic mass is 32.2. The Morgan fingerprint density at radius 3 is 2.95 bits per heavy atom. The van der Waals surface area contributed by atoms with Gasteiger partial charge in [0.05, 0.1) is 5.60 Å². The highest BCUT2D eigenvalue weighted by molar-refractivity contribution is 7.98. The average molecular weight is 322 g/mol. The molecule has 1 aromatic rings. The Kier molecular flexibility index (Phi) is 6.15. The van der Waals surface area contributed by atoms with Gasteiger partial charge < -0.3 is 15.7 Å². The van der Waals surface area contributed by atoms with Crippen LogP contribution in [0, 0.1) is 0 Å². The minimum atomic E-state index is -0.867. The zero-order valence-corrected chi connectivity index (χ0v) is 14.2. The molecule has 0 radical (unpaired) electrons. The largest absolute Gasteiger partial charge is 0.387 e. The van der Waals surface area contributed by atoms with E-state index < -0.39 is 5.60 Å². The molecule has 5 heteroatoms. The average Bonchev–Trinajstić information content (AvgIpc) is 2.51. The second-order valence-electron chi connectivity index (χ2n) is 6.28. The van der Waals surface area contributed by atoms with Gasteiger partial charge in [-0.3, -0.25) is 0 Å². The van der Waals surface area contributed by atoms with Crippen molar-refractivity contribution in [2.75, 3.05) is 25.1 Å². The first-order valence-corrected chi connectivity index (χ1v) is 9.22. The molecule has 2 rings (SSSR count). The highest BCUT2D eigenvalue weighted by Gasteiger charge is 2.22. The predicted molar refractivity (Wildman–Crippen MR) is 92.5 cm³/mol. The second kappa shape index (κ2) is 7.88. The van der Waals surface area contributed by atoms with Gasteiger partial charge in [0.1, 0.15) is 0 Å². The third kappa shape index (κ3) is 4.92. The van der Waals surface area contributed by atoms with Crippen LogP contribution in [0.5, 0.6) is 0 Å². The summed E-state index contributed by atoms with van der Waals surface area (Å²) in [6.07, 6.45) is 5.36. The molecule has 0 spiro atoms. The lowest BCUT2D eigenvalue weighted by Gasteiger charge is -2.26. The summed E-state index contributed by atoms with van der Waals surface area (Å²) < 4.78 is 0. The number of hydrogen-bond acceptors (Lipinski definition) is 3. The SMILES string of the molecule is CSCC(C)(O)CNC(=O)NCC1CCCc2ccccc21. The standard InChI is InChI=1S/C17H26N2O2S/c1-17(21,12-22-2)11-19-16(20)18-10-14-8-5-7-13-6-3-4-9-15(13)14/h3-4,6,9,14,21H,5,7-8,10-12H2,1-2H3,(H2,18,19,20). The van der Waals surface area contributed by atoms with Crippen molar-refractivity contribution in [2.45, 2.75) is 37.7 Å². The topological polar surface area (TPSA) is 61.4 Å². The van der Waals surface area contributed by atoms with E-state index in [-0.39, 0.29) is 12.6 Å². The van der Waals surface area contributed by atoms with E-state index in [1.165, 1.54) is 17.5 Å². The molecule has 1 aromatic carbocycles. The number of amides is 2. The number of aliphatic hydroxyl groups is 1. The minimum absolute atomic E-state index is 0.204. The first-order valence-electron chi connectivity index (χ1n) is 7.82. The molecule has 22 heavy (non-hydrogen) atoms. The number of aryl methyl sites for hydroxylation is 1. The van der Waals surface area contributed by atoms with Crippen molar-refractivity contribution in [3.8, 4) is 0 Å². The van der Waals surface area contributed by atoms with Gasteiger partial charge in [-0.15, -0.1) is 0 Å². The smallest absolute Gasteiger partial charge is 0.314 e. The number of fused-ring (bicyclic) bond motifs is 1. The van der Waals surface area contributed by atoms with Crippen molar-refractivity contribution in [3.63, 3.8) is 0 Å². The van der Waals surface area contributed by atoms with Gasteiger partial charge in [0.2, 0.25) is 0 Å². The molecule has 4 nitrogen and oxygen atoms in total. The molecule has 0 fully saturated rings. The van der Waals surface area contributed by atoms with Crippen LogP contribution in [0.1, 0.15) is 36.8 Å². The van der Waals surface area contributed by atoms with E-state index in [1.807, 2.05) is 6.26 Å². The van der Waals surface area contributed by atoms with E-state index in [0.717, 1.165) is 12.8 Å². The van der Waals surface area contributed by atoms with Crippen LogP contribution in [-0.4, -0.2) is 41.8 Å². The van der Waals surface area contributed by atoms with Crippen LogP contribution in [0.4, 0.5) is 4.79 Å². The van der Waals surface area contributed by atoms with Crippen LogP contribution >= 0.6 is 11.8 Å². The van der Waals surface area contributed by atoms with Crippen LogP contribution in [0.15, 0.2) is 24.3 Å². The normalized spacial score (nSPS) is 19.9. The first kappa shape index (κ1) is 17.2. The maximum atomic E-state index is 11.9. The Labute approximate surface area is 137 Å². The van der Waals surface area contributed by atoms with Gasteiger partial charge in [-0.25, -0.2) is 4.79 Å². The van der Waals surface area contributed by atoms with Crippen molar-refractivity contribution >= 4 is 17.8 Å². The highest BCUT2D eigenvalue weighted by Crippen LogP contribution is 2.30. The summed E-state index contributed by atoms with van der Waals surface area (Å²) in [4.78, 5) is 11.9. The molecular formula is C17H26N2O2S. The molecule has 0 heterocycles. The molecule has 1 aliphatic rings. The van der Waals surface area contributed by atoms with E-state index in [2.05, 4.69) is 34.9 Å². The summed E-state index contributed by atoms with van der Waals surface area (Å²) in [7, 11) is 0. The van der Waals surface area contributed by atoms with Gasteiger partial charge in [-0.05, 0) is 43.6 Å². The van der Waals surface area contributed by atoms with Crippen molar-refractivity contribution in [1.29, 1.82) is 0 Å². The summed E-state index contributed by atoms with van der Waals surface area (Å²) in [5, 5.41) is 15.7. The first-order chi connectivity index (χ1) is 10.5. The molecule has 2 amide bonds. The Balaban J connectivity index is 1.80. The maximum Gasteiger partial charge on any atom is 0.314 e. The minimum Gasteiger partial charge on any atom is -0.387 e. The molecular weight excluding hydrogens is 296 g/mol. The summed E-state index contributed by atoms with van der Waals surface area (Å²) in [5.74, 6) is 0.992. The predicted octanol–water partition coefficient (Wildman–Crippen LogP) is 2.52. The number of hydrogen-bond donors (Lipinski definition) is 3. The van der Waals surface area contributed by atoms with Gasteiger partial charge in [-0.1, -0.05) is 24.3 Å². The van der Waals surface area contributed by atoms with Gasteiger partial charge in [0.15, 0.2) is 0 Å². The van der Waals surface area contributed by atoms with Crippen molar-refractivity contribution in [1.82, 2.24) is 10.6 Å². The molecule has 0 saturated carbocycles. The van der Waals surface area contributed by atoms with E-state index in [9.17, 15) is 9.90 Å².